The SMILES string of the molecule is C=CC(=O)NS(=O)(=O)N1CCCC1. The maximum Gasteiger partial charge on any atom is 0.304 e. The van der Waals surface area contributed by atoms with Crippen molar-refractivity contribution in [2.45, 2.75) is 12.8 Å². The predicted molar refractivity (Wildman–Crippen MR) is 48.1 cm³/mol. The van der Waals surface area contributed by atoms with Gasteiger partial charge in [0.05, 0.1) is 0 Å². The van der Waals surface area contributed by atoms with Gasteiger partial charge in [-0.25, -0.2) is 4.72 Å². The van der Waals surface area contributed by atoms with Crippen molar-refractivity contribution in [1.29, 1.82) is 0 Å². The lowest BCUT2D eigenvalue weighted by Gasteiger charge is -2.14. The standard InChI is InChI=1S/C7H12N2O3S/c1-2-7(10)8-13(11,12)9-5-3-4-6-9/h2H,1,3-6H2,(H,8,10). The maximum absolute atomic E-state index is 11.3. The second kappa shape index (κ2) is 3.89. The van der Waals surface area contributed by atoms with Crippen LogP contribution in [0.15, 0.2) is 12.7 Å². The minimum Gasteiger partial charge on any atom is -0.269 e. The zero-order valence-corrected chi connectivity index (χ0v) is 8.01. The summed E-state index contributed by atoms with van der Waals surface area (Å²) in [6, 6.07) is 0. The summed E-state index contributed by atoms with van der Waals surface area (Å²) in [5.74, 6) is -0.688. The Balaban J connectivity index is 2.65. The van der Waals surface area contributed by atoms with Crippen LogP contribution in [0.1, 0.15) is 12.8 Å². The highest BCUT2D eigenvalue weighted by molar-refractivity contribution is 7.87. The van der Waals surface area contributed by atoms with Crippen LogP contribution in [0.5, 0.6) is 0 Å². The third-order valence-corrected chi connectivity index (χ3v) is 3.32. The van der Waals surface area contributed by atoms with Crippen LogP contribution in [0.3, 0.4) is 0 Å². The third-order valence-electron chi connectivity index (χ3n) is 1.82. The minimum atomic E-state index is -3.61. The average Bonchev–Trinajstić information content (AvgIpc) is 2.55. The Kier molecular flexibility index (Phi) is 3.05. The lowest BCUT2D eigenvalue weighted by molar-refractivity contribution is -0.114. The third kappa shape index (κ3) is 2.53. The highest BCUT2D eigenvalue weighted by Gasteiger charge is 2.25. The first-order valence-electron chi connectivity index (χ1n) is 4.00. The topological polar surface area (TPSA) is 66.5 Å². The summed E-state index contributed by atoms with van der Waals surface area (Å²) in [7, 11) is -3.61. The molecule has 0 saturated carbocycles. The van der Waals surface area contributed by atoms with E-state index >= 15 is 0 Å². The fourth-order valence-corrected chi connectivity index (χ4v) is 2.37. The van der Waals surface area contributed by atoms with Crippen LogP contribution in [0, 0.1) is 0 Å². The summed E-state index contributed by atoms with van der Waals surface area (Å²) < 4.78 is 25.8. The molecule has 0 aliphatic carbocycles. The summed E-state index contributed by atoms with van der Waals surface area (Å²) in [6.07, 6.45) is 2.64. The molecule has 6 heteroatoms. The van der Waals surface area contributed by atoms with Gasteiger partial charge in [-0.3, -0.25) is 4.79 Å². The van der Waals surface area contributed by atoms with E-state index < -0.39 is 16.1 Å². The molecule has 1 N–H and O–H groups in total. The van der Waals surface area contributed by atoms with Crippen LogP contribution in [0.4, 0.5) is 0 Å². The molecule has 1 heterocycles. The first kappa shape index (κ1) is 10.2. The van der Waals surface area contributed by atoms with Crippen LogP contribution in [0.25, 0.3) is 0 Å². The molecule has 0 spiro atoms. The summed E-state index contributed by atoms with van der Waals surface area (Å²) in [6.45, 7) is 4.15. The molecule has 74 valence electrons. The average molecular weight is 204 g/mol. The second-order valence-electron chi connectivity index (χ2n) is 2.78. The number of hydrogen-bond acceptors (Lipinski definition) is 3. The Hall–Kier alpha value is -0.880. The van der Waals surface area contributed by atoms with Crippen LogP contribution < -0.4 is 4.72 Å². The normalized spacial score (nSPS) is 18.5. The lowest BCUT2D eigenvalue weighted by atomic mass is 10.4. The summed E-state index contributed by atoms with van der Waals surface area (Å²) in [5, 5.41) is 0. The van der Waals surface area contributed by atoms with Gasteiger partial charge in [0.1, 0.15) is 0 Å². The highest BCUT2D eigenvalue weighted by Crippen LogP contribution is 2.10. The largest absolute Gasteiger partial charge is 0.304 e. The van der Waals surface area contributed by atoms with Crippen molar-refractivity contribution in [3.63, 3.8) is 0 Å². The molecule has 5 nitrogen and oxygen atoms in total. The van der Waals surface area contributed by atoms with E-state index in [0.29, 0.717) is 13.1 Å². The Bertz CT molecular complexity index is 304. The monoisotopic (exact) mass is 204 g/mol. The Morgan fingerprint density at radius 2 is 1.92 bits per heavy atom. The van der Waals surface area contributed by atoms with Crippen molar-refractivity contribution in [3.05, 3.63) is 12.7 Å². The zero-order valence-electron chi connectivity index (χ0n) is 7.19. The first-order chi connectivity index (χ1) is 6.06. The summed E-state index contributed by atoms with van der Waals surface area (Å²) in [5.41, 5.74) is 0. The molecule has 1 aliphatic heterocycles. The molecule has 1 aliphatic rings. The Labute approximate surface area is 77.6 Å². The van der Waals surface area contributed by atoms with Crippen LogP contribution in [-0.2, 0) is 15.0 Å². The Morgan fingerprint density at radius 1 is 1.38 bits per heavy atom. The van der Waals surface area contributed by atoms with Gasteiger partial charge in [-0.15, -0.1) is 0 Å². The van der Waals surface area contributed by atoms with Crippen molar-refractivity contribution in [3.8, 4) is 0 Å². The van der Waals surface area contributed by atoms with Crippen LogP contribution in [0.2, 0.25) is 0 Å². The van der Waals surface area contributed by atoms with Crippen LogP contribution >= 0.6 is 0 Å². The first-order valence-corrected chi connectivity index (χ1v) is 5.44. The van der Waals surface area contributed by atoms with Crippen molar-refractivity contribution in [2.75, 3.05) is 13.1 Å². The van der Waals surface area contributed by atoms with E-state index in [1.807, 2.05) is 4.72 Å². The van der Waals surface area contributed by atoms with Gasteiger partial charge in [0.25, 0.3) is 5.91 Å². The number of carbonyl (C=O) groups excluding carboxylic acids is 1. The lowest BCUT2D eigenvalue weighted by Crippen LogP contribution is -2.41. The number of rotatable bonds is 3. The van der Waals surface area contributed by atoms with Crippen LogP contribution in [-0.4, -0.2) is 31.7 Å². The minimum absolute atomic E-state index is 0.486. The van der Waals surface area contributed by atoms with E-state index in [0.717, 1.165) is 18.9 Å². The second-order valence-corrected chi connectivity index (χ2v) is 4.45. The molecular weight excluding hydrogens is 192 g/mol. The number of carbonyl (C=O) groups is 1. The quantitative estimate of drug-likeness (QED) is 0.638. The molecule has 1 amide bonds. The fourth-order valence-electron chi connectivity index (χ4n) is 1.16. The predicted octanol–water partition coefficient (Wildman–Crippen LogP) is -0.371. The van der Waals surface area contributed by atoms with Gasteiger partial charge in [-0.05, 0) is 18.9 Å². The van der Waals surface area contributed by atoms with Crippen molar-refractivity contribution in [1.82, 2.24) is 9.03 Å². The molecule has 1 rings (SSSR count). The van der Waals surface area contributed by atoms with E-state index in [-0.39, 0.29) is 0 Å². The fraction of sp³-hybridized carbons (Fsp3) is 0.571. The summed E-state index contributed by atoms with van der Waals surface area (Å²) >= 11 is 0. The van der Waals surface area contributed by atoms with Gasteiger partial charge in [-0.1, -0.05) is 6.58 Å². The van der Waals surface area contributed by atoms with E-state index in [1.165, 1.54) is 4.31 Å². The molecule has 0 aromatic carbocycles. The molecule has 13 heavy (non-hydrogen) atoms. The Morgan fingerprint density at radius 3 is 2.38 bits per heavy atom. The molecule has 0 aromatic heterocycles. The van der Waals surface area contributed by atoms with Gasteiger partial charge < -0.3 is 0 Å². The van der Waals surface area contributed by atoms with Crippen molar-refractivity contribution < 1.29 is 13.2 Å². The molecule has 0 atom stereocenters. The van der Waals surface area contributed by atoms with Gasteiger partial charge in [0, 0.05) is 13.1 Å². The molecule has 0 unspecified atom stereocenters. The molecule has 0 aromatic rings. The molecule has 1 saturated heterocycles. The van der Waals surface area contributed by atoms with Crippen molar-refractivity contribution in [2.24, 2.45) is 0 Å². The smallest absolute Gasteiger partial charge is 0.269 e. The van der Waals surface area contributed by atoms with Gasteiger partial charge in [0.2, 0.25) is 0 Å². The summed E-state index contributed by atoms with van der Waals surface area (Å²) in [4.78, 5) is 10.7. The number of hydrogen-bond donors (Lipinski definition) is 1. The van der Waals surface area contributed by atoms with E-state index in [4.69, 9.17) is 0 Å². The molecular formula is C7H12N2O3S. The number of nitrogens with zero attached hydrogens (tertiary/aromatic N) is 1. The molecule has 0 radical (unpaired) electrons. The van der Waals surface area contributed by atoms with Crippen molar-refractivity contribution >= 4 is 16.1 Å². The number of amides is 1. The van der Waals surface area contributed by atoms with Gasteiger partial charge in [-0.2, -0.15) is 12.7 Å². The highest BCUT2D eigenvalue weighted by atomic mass is 32.2. The molecule has 1 fully saturated rings. The zero-order chi connectivity index (χ0) is 9.90. The maximum atomic E-state index is 11.3. The number of nitrogens with one attached hydrogen (secondary N) is 1. The van der Waals surface area contributed by atoms with E-state index in [9.17, 15) is 13.2 Å². The van der Waals surface area contributed by atoms with E-state index in [1.54, 1.807) is 0 Å². The van der Waals surface area contributed by atoms with Gasteiger partial charge >= 0.3 is 10.2 Å². The van der Waals surface area contributed by atoms with Gasteiger partial charge in [0.15, 0.2) is 0 Å². The van der Waals surface area contributed by atoms with E-state index in [2.05, 4.69) is 6.58 Å². The molecule has 0 bridgehead atoms.